The van der Waals surface area contributed by atoms with E-state index in [0.29, 0.717) is 11.6 Å². The second-order valence-corrected chi connectivity index (χ2v) is 5.14. The molecule has 0 aliphatic carbocycles. The van der Waals surface area contributed by atoms with Crippen LogP contribution in [0.25, 0.3) is 0 Å². The van der Waals surface area contributed by atoms with Gasteiger partial charge in [0.05, 0.1) is 17.8 Å². The van der Waals surface area contributed by atoms with E-state index < -0.39 is 0 Å². The first kappa shape index (κ1) is 14.9. The van der Waals surface area contributed by atoms with Crippen molar-refractivity contribution in [3.05, 3.63) is 22.8 Å². The lowest BCUT2D eigenvalue weighted by Crippen LogP contribution is -2.36. The number of aromatic nitrogens is 1. The fourth-order valence-electron chi connectivity index (χ4n) is 2.27. The largest absolute Gasteiger partial charge is 0.453 e. The molecule has 0 radical (unpaired) electrons. The maximum absolute atomic E-state index is 11.2. The first-order chi connectivity index (χ1) is 9.62. The van der Waals surface area contributed by atoms with Crippen LogP contribution < -0.4 is 10.6 Å². The molecule has 1 unspecified atom stereocenters. The fraction of sp³-hybridized carbons (Fsp3) is 0.538. The van der Waals surface area contributed by atoms with E-state index in [1.807, 2.05) is 19.2 Å². The van der Waals surface area contributed by atoms with Crippen molar-refractivity contribution in [2.24, 2.45) is 0 Å². The van der Waals surface area contributed by atoms with Gasteiger partial charge in [-0.25, -0.2) is 9.78 Å². The zero-order chi connectivity index (χ0) is 14.5. The van der Waals surface area contributed by atoms with Crippen molar-refractivity contribution in [2.45, 2.75) is 19.0 Å². The quantitative estimate of drug-likeness (QED) is 0.886. The SMILES string of the molecule is CNc1ccc(Cl)c(CN2CCC(NC(=O)OC)C2)n1. The molecule has 0 aromatic carbocycles. The molecule has 2 heterocycles. The standard InChI is InChI=1S/C13H19ClN4O2/c1-15-12-4-3-10(14)11(17-12)8-18-6-5-9(7-18)16-13(19)20-2/h3-4,9H,5-8H2,1-2H3,(H,15,17)(H,16,19). The lowest BCUT2D eigenvalue weighted by atomic mass is 10.3. The summed E-state index contributed by atoms with van der Waals surface area (Å²) in [6.07, 6.45) is 0.517. The van der Waals surface area contributed by atoms with Gasteiger partial charge in [-0.15, -0.1) is 0 Å². The van der Waals surface area contributed by atoms with Crippen molar-refractivity contribution in [2.75, 3.05) is 32.6 Å². The molecule has 110 valence electrons. The Morgan fingerprint density at radius 3 is 3.10 bits per heavy atom. The Bertz CT molecular complexity index is 483. The van der Waals surface area contributed by atoms with E-state index in [0.717, 1.165) is 31.0 Å². The number of carbonyl (C=O) groups excluding carboxylic acids is 1. The lowest BCUT2D eigenvalue weighted by molar-refractivity contribution is 0.166. The molecule has 0 bridgehead atoms. The first-order valence-corrected chi connectivity index (χ1v) is 6.90. The van der Waals surface area contributed by atoms with Gasteiger partial charge in [0.15, 0.2) is 0 Å². The number of halogens is 1. The molecular formula is C13H19ClN4O2. The van der Waals surface area contributed by atoms with Gasteiger partial charge in [0.2, 0.25) is 0 Å². The molecule has 1 atom stereocenters. The van der Waals surface area contributed by atoms with Gasteiger partial charge in [-0.3, -0.25) is 4.90 Å². The van der Waals surface area contributed by atoms with Crippen molar-refractivity contribution < 1.29 is 9.53 Å². The number of likely N-dealkylation sites (tertiary alicyclic amines) is 1. The highest BCUT2D eigenvalue weighted by Gasteiger charge is 2.24. The third-order valence-corrected chi connectivity index (χ3v) is 3.67. The van der Waals surface area contributed by atoms with E-state index in [1.165, 1.54) is 7.11 Å². The second-order valence-electron chi connectivity index (χ2n) is 4.73. The number of carbonyl (C=O) groups is 1. The van der Waals surface area contributed by atoms with Crippen molar-refractivity contribution >= 4 is 23.5 Å². The summed E-state index contributed by atoms with van der Waals surface area (Å²) in [6.45, 7) is 2.35. The van der Waals surface area contributed by atoms with Crippen LogP contribution in [0.1, 0.15) is 12.1 Å². The van der Waals surface area contributed by atoms with Crippen LogP contribution in [0, 0.1) is 0 Å². The zero-order valence-electron chi connectivity index (χ0n) is 11.6. The summed E-state index contributed by atoms with van der Waals surface area (Å²) < 4.78 is 4.60. The molecule has 2 N–H and O–H groups in total. The van der Waals surface area contributed by atoms with Gasteiger partial charge in [0, 0.05) is 32.7 Å². The monoisotopic (exact) mass is 298 g/mol. The Morgan fingerprint density at radius 2 is 2.40 bits per heavy atom. The van der Waals surface area contributed by atoms with E-state index in [-0.39, 0.29) is 12.1 Å². The van der Waals surface area contributed by atoms with Crippen LogP contribution in [-0.2, 0) is 11.3 Å². The average Bonchev–Trinajstić information content (AvgIpc) is 2.88. The molecule has 1 aliphatic heterocycles. The number of nitrogens with zero attached hydrogens (tertiary/aromatic N) is 2. The maximum atomic E-state index is 11.2. The Morgan fingerprint density at radius 1 is 1.60 bits per heavy atom. The minimum absolute atomic E-state index is 0.119. The number of hydrogen-bond acceptors (Lipinski definition) is 5. The minimum atomic E-state index is -0.384. The summed E-state index contributed by atoms with van der Waals surface area (Å²) in [5.41, 5.74) is 0.845. The van der Waals surface area contributed by atoms with Crippen LogP contribution in [0.5, 0.6) is 0 Å². The molecule has 1 aromatic heterocycles. The number of nitrogens with one attached hydrogen (secondary N) is 2. The Labute approximate surface area is 123 Å². The van der Waals surface area contributed by atoms with Crippen LogP contribution in [0.3, 0.4) is 0 Å². The Kier molecular flexibility index (Phi) is 5.03. The predicted molar refractivity (Wildman–Crippen MR) is 78.0 cm³/mol. The van der Waals surface area contributed by atoms with Crippen LogP contribution in [-0.4, -0.2) is 49.3 Å². The number of methoxy groups -OCH3 is 1. The Balaban J connectivity index is 1.93. The summed E-state index contributed by atoms with van der Waals surface area (Å²) in [6, 6.07) is 3.81. The highest BCUT2D eigenvalue weighted by Crippen LogP contribution is 2.20. The third kappa shape index (κ3) is 3.74. The number of alkyl carbamates (subject to hydrolysis) is 1. The number of amides is 1. The molecule has 0 saturated carbocycles. The maximum Gasteiger partial charge on any atom is 0.407 e. The number of anilines is 1. The topological polar surface area (TPSA) is 66.5 Å². The number of hydrogen-bond donors (Lipinski definition) is 2. The summed E-state index contributed by atoms with van der Waals surface area (Å²) in [5, 5.41) is 6.47. The van der Waals surface area contributed by atoms with E-state index in [9.17, 15) is 4.79 Å². The van der Waals surface area contributed by atoms with Crippen molar-refractivity contribution in [1.29, 1.82) is 0 Å². The molecule has 0 spiro atoms. The van der Waals surface area contributed by atoms with Crippen molar-refractivity contribution in [3.8, 4) is 0 Å². The van der Waals surface area contributed by atoms with Gasteiger partial charge in [-0.05, 0) is 18.6 Å². The fourth-order valence-corrected chi connectivity index (χ4v) is 2.43. The van der Waals surface area contributed by atoms with Crippen molar-refractivity contribution in [3.63, 3.8) is 0 Å². The molecule has 20 heavy (non-hydrogen) atoms. The predicted octanol–water partition coefficient (Wildman–Crippen LogP) is 1.71. The van der Waals surface area contributed by atoms with Crippen LogP contribution in [0.15, 0.2) is 12.1 Å². The molecule has 1 aliphatic rings. The van der Waals surface area contributed by atoms with E-state index >= 15 is 0 Å². The molecule has 1 aromatic rings. The molecule has 6 nitrogen and oxygen atoms in total. The normalized spacial score (nSPS) is 18.9. The minimum Gasteiger partial charge on any atom is -0.453 e. The third-order valence-electron chi connectivity index (χ3n) is 3.33. The molecule has 1 amide bonds. The van der Waals surface area contributed by atoms with Gasteiger partial charge in [0.1, 0.15) is 5.82 Å². The summed E-state index contributed by atoms with van der Waals surface area (Å²) in [4.78, 5) is 17.9. The van der Waals surface area contributed by atoms with E-state index in [4.69, 9.17) is 11.6 Å². The van der Waals surface area contributed by atoms with Crippen LogP contribution in [0.4, 0.5) is 10.6 Å². The highest BCUT2D eigenvalue weighted by molar-refractivity contribution is 6.31. The van der Waals surface area contributed by atoms with Crippen LogP contribution in [0.2, 0.25) is 5.02 Å². The summed E-state index contributed by atoms with van der Waals surface area (Å²) in [7, 11) is 3.20. The molecular weight excluding hydrogens is 280 g/mol. The van der Waals surface area contributed by atoms with Gasteiger partial charge < -0.3 is 15.4 Å². The number of ether oxygens (including phenoxy) is 1. The number of rotatable bonds is 4. The van der Waals surface area contributed by atoms with Gasteiger partial charge in [0.25, 0.3) is 0 Å². The molecule has 1 saturated heterocycles. The zero-order valence-corrected chi connectivity index (χ0v) is 12.4. The van der Waals surface area contributed by atoms with E-state index in [2.05, 4.69) is 25.3 Å². The van der Waals surface area contributed by atoms with Gasteiger partial charge in [-0.1, -0.05) is 11.6 Å². The molecule has 7 heteroatoms. The van der Waals surface area contributed by atoms with Gasteiger partial charge in [-0.2, -0.15) is 0 Å². The summed E-state index contributed by atoms with van der Waals surface area (Å²) >= 11 is 6.17. The van der Waals surface area contributed by atoms with E-state index in [1.54, 1.807) is 0 Å². The van der Waals surface area contributed by atoms with Crippen LogP contribution >= 0.6 is 11.6 Å². The average molecular weight is 299 g/mol. The molecule has 1 fully saturated rings. The Hall–Kier alpha value is -1.53. The smallest absolute Gasteiger partial charge is 0.407 e. The highest BCUT2D eigenvalue weighted by atomic mass is 35.5. The van der Waals surface area contributed by atoms with Gasteiger partial charge >= 0.3 is 6.09 Å². The number of pyridine rings is 1. The summed E-state index contributed by atoms with van der Waals surface area (Å²) in [5.74, 6) is 0.799. The second kappa shape index (κ2) is 6.76. The lowest BCUT2D eigenvalue weighted by Gasteiger charge is -2.17. The van der Waals surface area contributed by atoms with Crippen molar-refractivity contribution in [1.82, 2.24) is 15.2 Å². The first-order valence-electron chi connectivity index (χ1n) is 6.52. The molecule has 2 rings (SSSR count).